The third kappa shape index (κ3) is 3.91. The molecule has 0 N–H and O–H groups in total. The van der Waals surface area contributed by atoms with Crippen molar-refractivity contribution in [2.45, 2.75) is 6.92 Å². The Morgan fingerprint density at radius 3 is 1.65 bits per heavy atom. The van der Waals surface area contributed by atoms with Gasteiger partial charge >= 0.3 is 0 Å². The summed E-state index contributed by atoms with van der Waals surface area (Å²) in [6.07, 6.45) is 0.712. The Balaban J connectivity index is 0.00000256. The van der Waals surface area contributed by atoms with Crippen molar-refractivity contribution >= 4 is 91.0 Å². The molecule has 0 aliphatic heterocycles. The number of hydrogen-bond acceptors (Lipinski definition) is 1. The molecule has 1 radical (unpaired) electrons. The van der Waals surface area contributed by atoms with E-state index in [1.165, 1.54) is 0 Å². The van der Waals surface area contributed by atoms with Crippen molar-refractivity contribution in [1.82, 2.24) is 0 Å². The van der Waals surface area contributed by atoms with Gasteiger partial charge in [0.2, 0.25) is 0 Å². The van der Waals surface area contributed by atoms with Crippen LogP contribution in [-0.4, -0.2) is 30.5 Å². The molecule has 0 amide bonds. The smallest absolute Gasteiger partial charge is 0.184 e. The molecule has 0 aliphatic carbocycles. The Kier molecular flexibility index (Phi) is 8.47. The van der Waals surface area contributed by atoms with Crippen LogP contribution in [0, 0.1) is 0 Å². The minimum absolute atomic E-state index is 0. The molecule has 0 saturated heterocycles. The van der Waals surface area contributed by atoms with Crippen LogP contribution in [0.5, 0.6) is 0 Å². The molecule has 0 spiro atoms. The van der Waals surface area contributed by atoms with Gasteiger partial charge in [-0.3, -0.25) is 4.79 Å². The predicted molar refractivity (Wildman–Crippen MR) is 80.4 cm³/mol. The van der Waals surface area contributed by atoms with E-state index >= 15 is 0 Å². The molecule has 1 aromatic rings. The first-order valence-electron chi connectivity index (χ1n) is 4.21. The Hall–Kier alpha value is 1.37. The van der Waals surface area contributed by atoms with E-state index in [1.54, 1.807) is 0 Å². The molecule has 17 heavy (non-hydrogen) atoms. The molecular weight excluding hydrogens is 339 g/mol. The quantitative estimate of drug-likeness (QED) is 0.310. The molecule has 0 fully saturated rings. The standard InChI is InChI=1S/C9H6Cl5OP.Li/c1-2-16-9(15)3-4(10)6(12)8(14)7(13)5(3)11;/h16H,2H2,1H3;. The fourth-order valence-corrected chi connectivity index (χ4v) is 3.27. The summed E-state index contributed by atoms with van der Waals surface area (Å²) < 4.78 is 0. The van der Waals surface area contributed by atoms with Crippen molar-refractivity contribution < 1.29 is 4.79 Å². The number of benzene rings is 1. The Morgan fingerprint density at radius 1 is 0.941 bits per heavy atom. The van der Waals surface area contributed by atoms with Crippen molar-refractivity contribution in [2.75, 3.05) is 6.16 Å². The molecule has 0 aromatic heterocycles. The predicted octanol–water partition coefficient (Wildman–Crippen LogP) is 5.41. The van der Waals surface area contributed by atoms with E-state index in [1.807, 2.05) is 6.92 Å². The van der Waals surface area contributed by atoms with Crippen LogP contribution in [0.2, 0.25) is 25.1 Å². The summed E-state index contributed by atoms with van der Waals surface area (Å²) in [5, 5.41) is 0.303. The first kappa shape index (κ1) is 18.4. The molecule has 89 valence electrons. The molecule has 0 saturated carbocycles. The minimum atomic E-state index is -0.169. The van der Waals surface area contributed by atoms with E-state index in [2.05, 4.69) is 0 Å². The fourth-order valence-electron chi connectivity index (χ4n) is 1.05. The Bertz CT molecular complexity index is 422. The minimum Gasteiger partial charge on any atom is -0.289 e. The summed E-state index contributed by atoms with van der Waals surface area (Å²) in [6.45, 7) is 1.89. The van der Waals surface area contributed by atoms with E-state index in [9.17, 15) is 4.79 Å². The zero-order valence-electron chi connectivity index (χ0n) is 9.01. The van der Waals surface area contributed by atoms with E-state index in [-0.39, 0.29) is 63.6 Å². The molecule has 1 nitrogen and oxygen atoms in total. The summed E-state index contributed by atoms with van der Waals surface area (Å²) in [4.78, 5) is 11.8. The fraction of sp³-hybridized carbons (Fsp3) is 0.222. The van der Waals surface area contributed by atoms with Crippen molar-refractivity contribution in [3.63, 3.8) is 0 Å². The van der Waals surface area contributed by atoms with E-state index < -0.39 is 0 Å². The van der Waals surface area contributed by atoms with Crippen LogP contribution in [0.3, 0.4) is 0 Å². The van der Waals surface area contributed by atoms with Gasteiger partial charge < -0.3 is 0 Å². The second-order valence-electron chi connectivity index (χ2n) is 2.80. The topological polar surface area (TPSA) is 17.1 Å². The molecule has 1 atom stereocenters. The van der Waals surface area contributed by atoms with Crippen molar-refractivity contribution in [3.05, 3.63) is 30.7 Å². The maximum absolute atomic E-state index is 11.8. The number of rotatable bonds is 3. The largest absolute Gasteiger partial charge is 0.289 e. The molecule has 8 heteroatoms. The second kappa shape index (κ2) is 7.84. The first-order chi connectivity index (χ1) is 7.41. The molecule has 1 rings (SSSR count). The van der Waals surface area contributed by atoms with Gasteiger partial charge in [0.15, 0.2) is 5.52 Å². The normalized spacial score (nSPS) is 10.7. The molecule has 0 bridgehead atoms. The van der Waals surface area contributed by atoms with Crippen LogP contribution in [0.15, 0.2) is 0 Å². The van der Waals surface area contributed by atoms with E-state index in [4.69, 9.17) is 58.0 Å². The van der Waals surface area contributed by atoms with Gasteiger partial charge in [0, 0.05) is 18.9 Å². The van der Waals surface area contributed by atoms with Gasteiger partial charge in [-0.15, -0.1) is 0 Å². The summed E-state index contributed by atoms with van der Waals surface area (Å²) in [7, 11) is 0.0802. The maximum Gasteiger partial charge on any atom is 0.184 e. The van der Waals surface area contributed by atoms with Gasteiger partial charge in [0.1, 0.15) is 0 Å². The number of carbonyl (C=O) groups is 1. The summed E-state index contributed by atoms with van der Waals surface area (Å²) in [5.74, 6) is 0. The molecule has 1 aromatic carbocycles. The monoisotopic (exact) mass is 343 g/mol. The maximum atomic E-state index is 11.8. The van der Waals surface area contributed by atoms with Crippen molar-refractivity contribution in [2.24, 2.45) is 0 Å². The second-order valence-corrected chi connectivity index (χ2v) is 6.21. The van der Waals surface area contributed by atoms with Crippen LogP contribution in [-0.2, 0) is 0 Å². The SMILES string of the molecule is CCPC(=O)c1c(Cl)c(Cl)c(Cl)c(Cl)c1Cl.[Li]. The third-order valence-electron chi connectivity index (χ3n) is 1.77. The molecule has 1 unspecified atom stereocenters. The van der Waals surface area contributed by atoms with Crippen LogP contribution >= 0.6 is 66.6 Å². The summed E-state index contributed by atoms with van der Waals surface area (Å²) in [5.41, 5.74) is -0.0131. The average Bonchev–Trinajstić information content (AvgIpc) is 2.24. The number of hydrogen-bond donors (Lipinski definition) is 0. The van der Waals surface area contributed by atoms with Crippen molar-refractivity contribution in [1.29, 1.82) is 0 Å². The molecule has 0 heterocycles. The van der Waals surface area contributed by atoms with Crippen LogP contribution < -0.4 is 0 Å². The van der Waals surface area contributed by atoms with Gasteiger partial charge in [0.25, 0.3) is 0 Å². The number of halogens is 5. The Morgan fingerprint density at radius 2 is 1.29 bits per heavy atom. The zero-order valence-corrected chi connectivity index (χ0v) is 13.8. The summed E-state index contributed by atoms with van der Waals surface area (Å²) >= 11 is 29.4. The number of carbonyl (C=O) groups excluding carboxylic acids is 1. The van der Waals surface area contributed by atoms with Gasteiger partial charge in [-0.05, 0) is 14.7 Å². The van der Waals surface area contributed by atoms with E-state index in [0.29, 0.717) is 6.16 Å². The van der Waals surface area contributed by atoms with Crippen molar-refractivity contribution in [3.8, 4) is 0 Å². The van der Waals surface area contributed by atoms with Crippen LogP contribution in [0.1, 0.15) is 17.3 Å². The van der Waals surface area contributed by atoms with Crippen LogP contribution in [0.4, 0.5) is 0 Å². The zero-order chi connectivity index (χ0) is 12.5. The Labute approximate surface area is 138 Å². The summed E-state index contributed by atoms with van der Waals surface area (Å²) in [6, 6.07) is 0. The van der Waals surface area contributed by atoms with Gasteiger partial charge in [-0.1, -0.05) is 64.9 Å². The van der Waals surface area contributed by atoms with Gasteiger partial charge in [-0.25, -0.2) is 0 Å². The molecular formula is C9H6Cl5LiOP. The third-order valence-corrected chi connectivity index (χ3v) is 4.98. The molecule has 0 aliphatic rings. The van der Waals surface area contributed by atoms with E-state index in [0.717, 1.165) is 0 Å². The van der Waals surface area contributed by atoms with Gasteiger partial charge in [-0.2, -0.15) is 0 Å². The first-order valence-corrected chi connectivity index (χ1v) is 7.31. The van der Waals surface area contributed by atoms with Crippen LogP contribution in [0.25, 0.3) is 0 Å². The average molecular weight is 345 g/mol. The van der Waals surface area contributed by atoms with Gasteiger partial charge in [0.05, 0.1) is 30.7 Å².